The lowest BCUT2D eigenvalue weighted by atomic mass is 10.0. The quantitative estimate of drug-likeness (QED) is 0.601. The highest BCUT2D eigenvalue weighted by molar-refractivity contribution is 5.71. The van der Waals surface area contributed by atoms with Crippen LogP contribution in [0.5, 0.6) is 0 Å². The van der Waals surface area contributed by atoms with Gasteiger partial charge in [-0.2, -0.15) is 0 Å². The molecule has 1 aromatic carbocycles. The molecule has 23 heavy (non-hydrogen) atoms. The fraction of sp³-hybridized carbons (Fsp3) is 0.556. The normalized spacial score (nSPS) is 11.7. The van der Waals surface area contributed by atoms with Gasteiger partial charge < -0.3 is 15.2 Å². The van der Waals surface area contributed by atoms with Gasteiger partial charge in [-0.05, 0) is 12.0 Å². The van der Waals surface area contributed by atoms with Gasteiger partial charge in [-0.3, -0.25) is 4.79 Å². The molecular formula is C18H27NO4. The third-order valence-corrected chi connectivity index (χ3v) is 3.61. The summed E-state index contributed by atoms with van der Waals surface area (Å²) < 4.78 is 5.14. The molecule has 0 saturated carbocycles. The zero-order valence-electron chi connectivity index (χ0n) is 13.8. The Morgan fingerprint density at radius 2 is 1.83 bits per heavy atom. The fourth-order valence-corrected chi connectivity index (χ4v) is 2.36. The Hall–Kier alpha value is -2.04. The van der Waals surface area contributed by atoms with Gasteiger partial charge in [0.15, 0.2) is 0 Å². The number of carboxylic acid groups (broad SMARTS) is 1. The van der Waals surface area contributed by atoms with Crippen LogP contribution in [-0.2, 0) is 16.1 Å². The summed E-state index contributed by atoms with van der Waals surface area (Å²) in [6, 6.07) is 9.01. The molecule has 128 valence electrons. The van der Waals surface area contributed by atoms with Gasteiger partial charge in [0, 0.05) is 6.04 Å². The lowest BCUT2D eigenvalue weighted by Gasteiger charge is -2.17. The molecule has 0 aliphatic rings. The number of carbonyl (C=O) groups excluding carboxylic acids is 1. The molecule has 1 aromatic rings. The maximum Gasteiger partial charge on any atom is 0.407 e. The van der Waals surface area contributed by atoms with Gasteiger partial charge in [0.05, 0.1) is 6.42 Å². The molecule has 0 saturated heterocycles. The molecule has 5 nitrogen and oxygen atoms in total. The van der Waals surface area contributed by atoms with Crippen LogP contribution < -0.4 is 5.32 Å². The molecule has 0 aliphatic carbocycles. The van der Waals surface area contributed by atoms with Crippen LogP contribution in [0.25, 0.3) is 0 Å². The first-order valence-electron chi connectivity index (χ1n) is 8.30. The highest BCUT2D eigenvalue weighted by Gasteiger charge is 2.16. The SMILES string of the molecule is CCCCCCCC(CC(=O)O)NC(=O)OCc1ccccc1. The third-order valence-electron chi connectivity index (χ3n) is 3.61. The summed E-state index contributed by atoms with van der Waals surface area (Å²) in [5, 5.41) is 11.6. The minimum atomic E-state index is -0.910. The Morgan fingerprint density at radius 1 is 1.13 bits per heavy atom. The van der Waals surface area contributed by atoms with Crippen molar-refractivity contribution in [1.82, 2.24) is 5.32 Å². The zero-order chi connectivity index (χ0) is 16.9. The van der Waals surface area contributed by atoms with Crippen molar-refractivity contribution >= 4 is 12.1 Å². The van der Waals surface area contributed by atoms with Crippen molar-refractivity contribution in [2.45, 2.75) is 64.5 Å². The molecular weight excluding hydrogens is 294 g/mol. The highest BCUT2D eigenvalue weighted by Crippen LogP contribution is 2.10. The largest absolute Gasteiger partial charge is 0.481 e. The number of unbranched alkanes of at least 4 members (excludes halogenated alkanes) is 4. The van der Waals surface area contributed by atoms with Gasteiger partial charge in [-0.1, -0.05) is 69.4 Å². The number of hydrogen-bond acceptors (Lipinski definition) is 3. The molecule has 0 heterocycles. The number of hydrogen-bond donors (Lipinski definition) is 2. The first-order valence-corrected chi connectivity index (χ1v) is 8.30. The summed E-state index contributed by atoms with van der Waals surface area (Å²) in [5.74, 6) is -0.910. The highest BCUT2D eigenvalue weighted by atomic mass is 16.5. The summed E-state index contributed by atoms with van der Waals surface area (Å²) in [5.41, 5.74) is 0.900. The molecule has 0 aromatic heterocycles. The van der Waals surface area contributed by atoms with Crippen molar-refractivity contribution in [3.05, 3.63) is 35.9 Å². The van der Waals surface area contributed by atoms with Gasteiger partial charge in [-0.15, -0.1) is 0 Å². The lowest BCUT2D eigenvalue weighted by molar-refractivity contribution is -0.137. The third kappa shape index (κ3) is 9.55. The molecule has 0 aliphatic heterocycles. The van der Waals surface area contributed by atoms with E-state index in [2.05, 4.69) is 12.2 Å². The zero-order valence-corrected chi connectivity index (χ0v) is 13.8. The second kappa shape index (κ2) is 11.5. The Kier molecular flexibility index (Phi) is 9.52. The summed E-state index contributed by atoms with van der Waals surface area (Å²) in [6.07, 6.45) is 5.51. The number of amides is 1. The number of nitrogens with one attached hydrogen (secondary N) is 1. The maximum absolute atomic E-state index is 11.8. The van der Waals surface area contributed by atoms with Crippen molar-refractivity contribution in [3.8, 4) is 0 Å². The first-order chi connectivity index (χ1) is 11.1. The van der Waals surface area contributed by atoms with Crippen LogP contribution >= 0.6 is 0 Å². The topological polar surface area (TPSA) is 75.6 Å². The minimum Gasteiger partial charge on any atom is -0.481 e. The van der Waals surface area contributed by atoms with Crippen molar-refractivity contribution in [3.63, 3.8) is 0 Å². The second-order valence-electron chi connectivity index (χ2n) is 5.70. The molecule has 0 radical (unpaired) electrons. The maximum atomic E-state index is 11.8. The van der Waals surface area contributed by atoms with Gasteiger partial charge in [0.2, 0.25) is 0 Å². The van der Waals surface area contributed by atoms with E-state index in [4.69, 9.17) is 9.84 Å². The number of benzene rings is 1. The standard InChI is InChI=1S/C18H27NO4/c1-2-3-4-5-9-12-16(13-17(20)21)19-18(22)23-14-15-10-7-6-8-11-15/h6-8,10-11,16H,2-5,9,12-14H2,1H3,(H,19,22)(H,20,21). The van der Waals surface area contributed by atoms with E-state index < -0.39 is 12.1 Å². The molecule has 1 unspecified atom stereocenters. The minimum absolute atomic E-state index is 0.0752. The van der Waals surface area contributed by atoms with Crippen LogP contribution in [0, 0.1) is 0 Å². The van der Waals surface area contributed by atoms with Crippen LogP contribution in [0.15, 0.2) is 30.3 Å². The molecule has 1 atom stereocenters. The average Bonchev–Trinajstić information content (AvgIpc) is 2.53. The van der Waals surface area contributed by atoms with E-state index in [9.17, 15) is 9.59 Å². The van der Waals surface area contributed by atoms with Crippen LogP contribution in [0.2, 0.25) is 0 Å². The summed E-state index contributed by atoms with van der Waals surface area (Å²) in [4.78, 5) is 22.7. The number of aliphatic carboxylic acids is 1. The smallest absolute Gasteiger partial charge is 0.407 e. The predicted octanol–water partition coefficient (Wildman–Crippen LogP) is 4.12. The van der Waals surface area contributed by atoms with E-state index in [1.165, 1.54) is 12.8 Å². The van der Waals surface area contributed by atoms with Crippen LogP contribution in [-0.4, -0.2) is 23.2 Å². The van der Waals surface area contributed by atoms with Crippen LogP contribution in [0.1, 0.15) is 57.4 Å². The molecule has 0 spiro atoms. The Labute approximate surface area is 138 Å². The Bertz CT molecular complexity index is 461. The van der Waals surface area contributed by atoms with Crippen molar-refractivity contribution in [2.24, 2.45) is 0 Å². The summed E-state index contributed by atoms with van der Waals surface area (Å²) >= 11 is 0. The summed E-state index contributed by atoms with van der Waals surface area (Å²) in [6.45, 7) is 2.33. The molecule has 0 bridgehead atoms. The Balaban J connectivity index is 2.33. The number of carbonyl (C=O) groups is 2. The van der Waals surface area contributed by atoms with Crippen molar-refractivity contribution in [1.29, 1.82) is 0 Å². The Morgan fingerprint density at radius 3 is 2.48 bits per heavy atom. The molecule has 2 N–H and O–H groups in total. The van der Waals surface area contributed by atoms with E-state index in [0.29, 0.717) is 6.42 Å². The predicted molar refractivity (Wildman–Crippen MR) is 89.2 cm³/mol. The van der Waals surface area contributed by atoms with Gasteiger partial charge in [0.1, 0.15) is 6.61 Å². The number of alkyl carbamates (subject to hydrolysis) is 1. The average molecular weight is 321 g/mol. The second-order valence-corrected chi connectivity index (χ2v) is 5.70. The van der Waals surface area contributed by atoms with Gasteiger partial charge >= 0.3 is 12.1 Å². The number of ether oxygens (including phenoxy) is 1. The van der Waals surface area contributed by atoms with E-state index in [1.54, 1.807) is 0 Å². The molecule has 0 fully saturated rings. The summed E-state index contributed by atoms with van der Waals surface area (Å²) in [7, 11) is 0. The first kappa shape index (κ1) is 19.0. The molecule has 1 amide bonds. The lowest BCUT2D eigenvalue weighted by Crippen LogP contribution is -2.36. The number of carboxylic acids is 1. The van der Waals surface area contributed by atoms with Crippen molar-refractivity contribution in [2.75, 3.05) is 0 Å². The molecule has 5 heteroatoms. The fourth-order valence-electron chi connectivity index (χ4n) is 2.36. The van der Waals surface area contributed by atoms with E-state index in [0.717, 1.165) is 24.8 Å². The molecule has 1 rings (SSSR count). The van der Waals surface area contributed by atoms with E-state index in [-0.39, 0.29) is 19.1 Å². The monoisotopic (exact) mass is 321 g/mol. The van der Waals surface area contributed by atoms with Crippen LogP contribution in [0.4, 0.5) is 4.79 Å². The van der Waals surface area contributed by atoms with E-state index in [1.807, 2.05) is 30.3 Å². The van der Waals surface area contributed by atoms with Gasteiger partial charge in [0.25, 0.3) is 0 Å². The van der Waals surface area contributed by atoms with Crippen LogP contribution in [0.3, 0.4) is 0 Å². The van der Waals surface area contributed by atoms with Gasteiger partial charge in [-0.25, -0.2) is 4.79 Å². The van der Waals surface area contributed by atoms with Crippen molar-refractivity contribution < 1.29 is 19.4 Å². The van der Waals surface area contributed by atoms with E-state index >= 15 is 0 Å². The number of rotatable bonds is 11.